The van der Waals surface area contributed by atoms with Crippen molar-refractivity contribution >= 4 is 22.6 Å². The minimum atomic E-state index is -0.254. The number of aromatic amines is 2. The Hall–Kier alpha value is -3.65. The van der Waals surface area contributed by atoms with Crippen LogP contribution >= 0.6 is 0 Å². The van der Waals surface area contributed by atoms with Gasteiger partial charge in [0.15, 0.2) is 5.82 Å². The molecule has 1 amide bonds. The van der Waals surface area contributed by atoms with Gasteiger partial charge in [-0.15, -0.1) is 0 Å². The lowest BCUT2D eigenvalue weighted by molar-refractivity contribution is -0.127. The summed E-state index contributed by atoms with van der Waals surface area (Å²) in [5.74, 6) is 1.91. The van der Waals surface area contributed by atoms with Gasteiger partial charge >= 0.3 is 0 Å². The molecule has 1 fully saturated rings. The third-order valence-electron chi connectivity index (χ3n) is 7.25. The zero-order valence-electron chi connectivity index (χ0n) is 20.1. The SMILES string of the molecule is Cc1[nH]c([C@H](Cc2ccccc2)NC(=O)[C@H]2CC[C@H](CN)CC2)nc1-c1ccc2c(N)n[nH]c2c1. The van der Waals surface area contributed by atoms with Crippen LogP contribution in [-0.4, -0.2) is 32.6 Å². The smallest absolute Gasteiger partial charge is 0.223 e. The van der Waals surface area contributed by atoms with Crippen LogP contribution in [-0.2, 0) is 11.2 Å². The molecule has 4 aromatic rings. The Morgan fingerprint density at radius 2 is 1.91 bits per heavy atom. The maximum Gasteiger partial charge on any atom is 0.223 e. The first-order valence-corrected chi connectivity index (χ1v) is 12.4. The molecule has 182 valence electrons. The van der Waals surface area contributed by atoms with E-state index in [4.69, 9.17) is 16.5 Å². The van der Waals surface area contributed by atoms with Gasteiger partial charge in [0.25, 0.3) is 0 Å². The average molecular weight is 472 g/mol. The Bertz CT molecular complexity index is 1300. The first-order valence-electron chi connectivity index (χ1n) is 12.4. The fraction of sp³-hybridized carbons (Fsp3) is 0.370. The van der Waals surface area contributed by atoms with Gasteiger partial charge in [0, 0.05) is 22.6 Å². The number of imidazole rings is 1. The summed E-state index contributed by atoms with van der Waals surface area (Å²) in [6.07, 6.45) is 4.47. The van der Waals surface area contributed by atoms with Crippen molar-refractivity contribution in [1.29, 1.82) is 0 Å². The number of amides is 1. The summed E-state index contributed by atoms with van der Waals surface area (Å²) in [5, 5.41) is 11.3. The zero-order chi connectivity index (χ0) is 24.4. The second-order valence-electron chi connectivity index (χ2n) is 9.67. The van der Waals surface area contributed by atoms with Crippen LogP contribution in [0.2, 0.25) is 0 Å². The number of benzene rings is 2. The molecule has 8 heteroatoms. The summed E-state index contributed by atoms with van der Waals surface area (Å²) in [4.78, 5) is 21.7. The van der Waals surface area contributed by atoms with Crippen LogP contribution in [0.1, 0.15) is 48.8 Å². The molecule has 1 atom stereocenters. The summed E-state index contributed by atoms with van der Waals surface area (Å²) < 4.78 is 0. The van der Waals surface area contributed by atoms with Crippen molar-refractivity contribution in [3.05, 3.63) is 65.6 Å². The van der Waals surface area contributed by atoms with Gasteiger partial charge in [-0.1, -0.05) is 36.4 Å². The molecular weight excluding hydrogens is 438 g/mol. The number of anilines is 1. The van der Waals surface area contributed by atoms with Gasteiger partial charge in [0.2, 0.25) is 5.91 Å². The molecule has 1 aliphatic carbocycles. The Kier molecular flexibility index (Phi) is 6.55. The standard InChI is InChI=1S/C27H33N7O/c1-16-24(20-11-12-21-22(14-20)33-34-25(21)29)32-26(30-16)23(13-17-5-3-2-4-6-17)31-27(35)19-9-7-18(15-28)8-10-19/h2-6,11-12,14,18-19,23H,7-10,13,15,28H2,1H3,(H,30,32)(H,31,35)(H3,29,33,34)/t18-,19-,23-/m0/s1. The highest BCUT2D eigenvalue weighted by atomic mass is 16.2. The van der Waals surface area contributed by atoms with Gasteiger partial charge < -0.3 is 21.8 Å². The van der Waals surface area contributed by atoms with Crippen LogP contribution in [0.5, 0.6) is 0 Å². The van der Waals surface area contributed by atoms with Gasteiger partial charge in [-0.2, -0.15) is 5.10 Å². The minimum absolute atomic E-state index is 0.0276. The van der Waals surface area contributed by atoms with Crippen LogP contribution in [0.15, 0.2) is 48.5 Å². The van der Waals surface area contributed by atoms with Crippen LogP contribution in [0.3, 0.4) is 0 Å². The lowest BCUT2D eigenvalue weighted by Crippen LogP contribution is -2.37. The van der Waals surface area contributed by atoms with Crippen molar-refractivity contribution in [3.63, 3.8) is 0 Å². The van der Waals surface area contributed by atoms with Crippen molar-refractivity contribution < 1.29 is 4.79 Å². The van der Waals surface area contributed by atoms with Gasteiger partial charge in [0.05, 0.1) is 17.3 Å². The van der Waals surface area contributed by atoms with E-state index in [-0.39, 0.29) is 17.9 Å². The molecule has 1 saturated carbocycles. The van der Waals surface area contributed by atoms with E-state index in [1.54, 1.807) is 0 Å². The first kappa shape index (κ1) is 23.1. The normalized spacial score (nSPS) is 19.0. The number of aromatic nitrogens is 4. The molecule has 5 rings (SSSR count). The first-order chi connectivity index (χ1) is 17.0. The average Bonchev–Trinajstić information content (AvgIpc) is 3.46. The van der Waals surface area contributed by atoms with Crippen molar-refractivity contribution in [2.45, 2.75) is 45.1 Å². The van der Waals surface area contributed by atoms with E-state index in [1.807, 2.05) is 43.3 Å². The van der Waals surface area contributed by atoms with E-state index in [1.165, 1.54) is 0 Å². The number of nitrogens with two attached hydrogens (primary N) is 2. The molecule has 0 saturated heterocycles. The van der Waals surface area contributed by atoms with Crippen molar-refractivity contribution in [3.8, 4) is 11.3 Å². The Balaban J connectivity index is 1.41. The molecule has 2 aromatic carbocycles. The number of fused-ring (bicyclic) bond motifs is 1. The lowest BCUT2D eigenvalue weighted by atomic mass is 9.81. The number of nitrogens with zero attached hydrogens (tertiary/aromatic N) is 2. The summed E-state index contributed by atoms with van der Waals surface area (Å²) in [7, 11) is 0. The largest absolute Gasteiger partial charge is 0.382 e. The molecule has 0 bridgehead atoms. The predicted molar refractivity (Wildman–Crippen MR) is 138 cm³/mol. The van der Waals surface area contributed by atoms with E-state index in [2.05, 4.69) is 32.6 Å². The van der Waals surface area contributed by atoms with E-state index < -0.39 is 0 Å². The molecule has 7 N–H and O–H groups in total. The predicted octanol–water partition coefficient (Wildman–Crippen LogP) is 4.01. The molecule has 0 aliphatic heterocycles. The number of nitrogens with one attached hydrogen (secondary N) is 3. The second kappa shape index (κ2) is 9.92. The van der Waals surface area contributed by atoms with Crippen LogP contribution in [0.4, 0.5) is 5.82 Å². The number of carbonyl (C=O) groups excluding carboxylic acids is 1. The highest BCUT2D eigenvalue weighted by Gasteiger charge is 2.29. The van der Waals surface area contributed by atoms with E-state index in [9.17, 15) is 4.79 Å². The van der Waals surface area contributed by atoms with E-state index in [0.717, 1.165) is 64.9 Å². The molecule has 8 nitrogen and oxygen atoms in total. The maximum atomic E-state index is 13.3. The van der Waals surface area contributed by atoms with Crippen molar-refractivity contribution in [2.24, 2.45) is 17.6 Å². The summed E-state index contributed by atoms with van der Waals surface area (Å²) in [5.41, 5.74) is 16.5. The number of nitrogen functional groups attached to an aromatic ring is 1. The van der Waals surface area contributed by atoms with Gasteiger partial charge in [-0.05, 0) is 69.2 Å². The number of H-pyrrole nitrogens is 2. The molecule has 0 radical (unpaired) electrons. The van der Waals surface area contributed by atoms with Crippen molar-refractivity contribution in [2.75, 3.05) is 12.3 Å². The molecule has 0 spiro atoms. The quantitative estimate of drug-likeness (QED) is 0.277. The Morgan fingerprint density at radius 3 is 2.66 bits per heavy atom. The Labute approximate surface area is 204 Å². The molecule has 35 heavy (non-hydrogen) atoms. The summed E-state index contributed by atoms with van der Waals surface area (Å²) in [6, 6.07) is 15.9. The highest BCUT2D eigenvalue weighted by molar-refractivity contribution is 5.91. The van der Waals surface area contributed by atoms with Crippen LogP contribution < -0.4 is 16.8 Å². The highest BCUT2D eigenvalue weighted by Crippen LogP contribution is 2.31. The fourth-order valence-corrected chi connectivity index (χ4v) is 5.13. The summed E-state index contributed by atoms with van der Waals surface area (Å²) in [6.45, 7) is 2.71. The van der Waals surface area contributed by atoms with Crippen LogP contribution in [0, 0.1) is 18.8 Å². The number of hydrogen-bond acceptors (Lipinski definition) is 5. The number of rotatable bonds is 7. The van der Waals surface area contributed by atoms with Gasteiger partial charge in [-0.3, -0.25) is 9.89 Å². The number of carbonyl (C=O) groups is 1. The van der Waals surface area contributed by atoms with Crippen LogP contribution in [0.25, 0.3) is 22.2 Å². The lowest BCUT2D eigenvalue weighted by Gasteiger charge is -2.28. The molecular formula is C27H33N7O. The molecule has 0 unspecified atom stereocenters. The van der Waals surface area contributed by atoms with E-state index in [0.29, 0.717) is 24.7 Å². The van der Waals surface area contributed by atoms with Gasteiger partial charge in [0.1, 0.15) is 5.82 Å². The van der Waals surface area contributed by atoms with E-state index >= 15 is 0 Å². The topological polar surface area (TPSA) is 138 Å². The monoisotopic (exact) mass is 471 g/mol. The third-order valence-corrected chi connectivity index (χ3v) is 7.25. The fourth-order valence-electron chi connectivity index (χ4n) is 5.13. The van der Waals surface area contributed by atoms with Gasteiger partial charge in [-0.25, -0.2) is 4.98 Å². The maximum absolute atomic E-state index is 13.3. The molecule has 1 aliphatic rings. The molecule has 2 aromatic heterocycles. The van der Waals surface area contributed by atoms with Crippen molar-refractivity contribution in [1.82, 2.24) is 25.5 Å². The third kappa shape index (κ3) is 4.93. The second-order valence-corrected chi connectivity index (χ2v) is 9.67. The zero-order valence-corrected chi connectivity index (χ0v) is 20.1. The summed E-state index contributed by atoms with van der Waals surface area (Å²) >= 11 is 0. The number of hydrogen-bond donors (Lipinski definition) is 5. The molecule has 2 heterocycles. The Morgan fingerprint density at radius 1 is 1.14 bits per heavy atom. The minimum Gasteiger partial charge on any atom is -0.382 e. The number of aryl methyl sites for hydroxylation is 1.